The predicted molar refractivity (Wildman–Crippen MR) is 157 cm³/mol. The van der Waals surface area contributed by atoms with Gasteiger partial charge in [-0.25, -0.2) is 4.57 Å². The molecule has 14 heteroatoms. The number of halogens is 4. The van der Waals surface area contributed by atoms with Gasteiger partial charge in [0.2, 0.25) is 0 Å². The number of hydrogen-bond donors (Lipinski definition) is 3. The van der Waals surface area contributed by atoms with Crippen LogP contribution >= 0.6 is 15.7 Å². The van der Waals surface area contributed by atoms with Crippen LogP contribution < -0.4 is 14.8 Å². The van der Waals surface area contributed by atoms with Crippen LogP contribution in [-0.4, -0.2) is 98.9 Å². The summed E-state index contributed by atoms with van der Waals surface area (Å²) in [7, 11) is -7.28. The molecule has 40 heavy (non-hydrogen) atoms. The van der Waals surface area contributed by atoms with Gasteiger partial charge in [-0.3, -0.25) is 0 Å². The summed E-state index contributed by atoms with van der Waals surface area (Å²) in [5.41, 5.74) is 4.23. The van der Waals surface area contributed by atoms with E-state index in [1.54, 1.807) is 19.5 Å². The van der Waals surface area contributed by atoms with Crippen molar-refractivity contribution in [2.24, 2.45) is 0 Å². The molecule has 2 aliphatic rings. The van der Waals surface area contributed by atoms with Crippen LogP contribution in [0.25, 0.3) is 11.1 Å². The fourth-order valence-electron chi connectivity index (χ4n) is 5.44. The molecule has 2 aliphatic carbocycles. The van der Waals surface area contributed by atoms with E-state index in [4.69, 9.17) is 28.7 Å². The number of rotatable bonds is 6. The van der Waals surface area contributed by atoms with Crippen molar-refractivity contribution in [3.8, 4) is 22.6 Å². The van der Waals surface area contributed by atoms with Crippen molar-refractivity contribution in [1.29, 1.82) is 0 Å². The fourth-order valence-corrected chi connectivity index (χ4v) is 9.39. The molecule has 2 aromatic carbocycles. The van der Waals surface area contributed by atoms with Crippen LogP contribution in [0, 0.1) is 0 Å². The third-order valence-corrected chi connectivity index (χ3v) is 10.4. The van der Waals surface area contributed by atoms with Crippen molar-refractivity contribution in [2.45, 2.75) is 75.5 Å². The van der Waals surface area contributed by atoms with Crippen molar-refractivity contribution >= 4 is 79.7 Å². The molecule has 0 aromatic heterocycles. The molecule has 0 unspecified atom stereocenters. The van der Waals surface area contributed by atoms with Gasteiger partial charge in [0.05, 0.1) is 19.8 Å². The first-order valence-electron chi connectivity index (χ1n) is 13.1. The Kier molecular flexibility index (Phi) is 17.7. The molecular weight excluding hydrogens is 596 g/mol. The second-order valence-electron chi connectivity index (χ2n) is 9.55. The van der Waals surface area contributed by atoms with E-state index in [0.717, 1.165) is 28.4 Å². The Labute approximate surface area is 278 Å². The molecule has 222 valence electrons. The SMILES string of the molecule is COc1cccc(OC)c1-c1ccccc1P(C1CCCCC1)C1CCCCC1.F[B-](F)(F)F.O=P(O)(O)O.[KH]. The number of methoxy groups -OCH3 is 2. The minimum absolute atomic E-state index is 0. The molecule has 0 saturated heterocycles. The average molecular weight is 635 g/mol. The van der Waals surface area contributed by atoms with Gasteiger partial charge in [0.15, 0.2) is 0 Å². The zero-order valence-corrected chi connectivity index (χ0v) is 24.1. The van der Waals surface area contributed by atoms with E-state index in [9.17, 15) is 17.3 Å². The molecule has 3 N–H and O–H groups in total. The van der Waals surface area contributed by atoms with E-state index in [2.05, 4.69) is 36.4 Å². The minimum atomic E-state index is -6.00. The van der Waals surface area contributed by atoms with Gasteiger partial charge in [-0.2, -0.15) is 0 Å². The van der Waals surface area contributed by atoms with Gasteiger partial charge in [0, 0.05) is 0 Å². The second-order valence-corrected chi connectivity index (χ2v) is 13.3. The third-order valence-electron chi connectivity index (χ3n) is 6.82. The van der Waals surface area contributed by atoms with Crippen LogP contribution in [-0.2, 0) is 4.57 Å². The molecular formula is C26H39BF4KO6P2-. The first-order chi connectivity index (χ1) is 18.3. The van der Waals surface area contributed by atoms with Gasteiger partial charge in [-0.15, -0.1) is 0 Å². The van der Waals surface area contributed by atoms with Crippen molar-refractivity contribution in [1.82, 2.24) is 0 Å². The quantitative estimate of drug-likeness (QED) is 0.182. The Balaban J connectivity index is 0.000000628. The van der Waals surface area contributed by atoms with Crippen LogP contribution in [0.3, 0.4) is 0 Å². The first kappa shape index (κ1) is 38.0. The zero-order chi connectivity index (χ0) is 29.1. The summed E-state index contributed by atoms with van der Waals surface area (Å²) in [6.45, 7) is 0. The van der Waals surface area contributed by atoms with Gasteiger partial charge >= 0.3 is 66.5 Å². The van der Waals surface area contributed by atoms with Gasteiger partial charge in [0.1, 0.15) is 11.5 Å². The van der Waals surface area contributed by atoms with Crippen LogP contribution in [0.5, 0.6) is 11.5 Å². The van der Waals surface area contributed by atoms with Crippen molar-refractivity contribution < 1.29 is 46.0 Å². The second kappa shape index (κ2) is 18.6. The molecule has 0 atom stereocenters. The summed E-state index contributed by atoms with van der Waals surface area (Å²) in [5, 5.41) is 1.59. The molecule has 2 fully saturated rings. The summed E-state index contributed by atoms with van der Waals surface area (Å²) in [6.07, 6.45) is 14.2. The summed E-state index contributed by atoms with van der Waals surface area (Å²) in [4.78, 5) is 21.6. The normalized spacial score (nSPS) is 16.6. The summed E-state index contributed by atoms with van der Waals surface area (Å²) < 4.78 is 59.5. The number of hydrogen-bond acceptors (Lipinski definition) is 3. The van der Waals surface area contributed by atoms with E-state index >= 15 is 0 Å². The summed E-state index contributed by atoms with van der Waals surface area (Å²) in [5.74, 6) is 1.83. The Hall–Kier alpha value is 0.00130. The first-order valence-corrected chi connectivity index (χ1v) is 16.1. The van der Waals surface area contributed by atoms with Crippen LogP contribution in [0.15, 0.2) is 42.5 Å². The van der Waals surface area contributed by atoms with Gasteiger partial charge in [-0.05, 0) is 60.0 Å². The van der Waals surface area contributed by atoms with Crippen molar-refractivity contribution in [3.63, 3.8) is 0 Å². The number of phosphoric acid groups is 1. The molecule has 2 aromatic rings. The van der Waals surface area contributed by atoms with E-state index in [1.165, 1.54) is 69.8 Å². The van der Waals surface area contributed by atoms with Crippen molar-refractivity contribution in [2.75, 3.05) is 14.2 Å². The Morgan fingerprint density at radius 1 is 0.750 bits per heavy atom. The third kappa shape index (κ3) is 14.0. The summed E-state index contributed by atoms with van der Waals surface area (Å²) >= 11 is 0. The number of ether oxygens (including phenoxy) is 2. The number of benzene rings is 2. The van der Waals surface area contributed by atoms with Crippen LogP contribution in [0.1, 0.15) is 64.2 Å². The molecule has 0 aliphatic heterocycles. The Morgan fingerprint density at radius 2 is 1.12 bits per heavy atom. The molecule has 0 spiro atoms. The molecule has 0 radical (unpaired) electrons. The van der Waals surface area contributed by atoms with Crippen LogP contribution in [0.2, 0.25) is 0 Å². The van der Waals surface area contributed by atoms with E-state index < -0.39 is 15.1 Å². The average Bonchev–Trinajstić information content (AvgIpc) is 2.88. The Morgan fingerprint density at radius 3 is 1.50 bits per heavy atom. The van der Waals surface area contributed by atoms with Crippen molar-refractivity contribution in [3.05, 3.63) is 42.5 Å². The van der Waals surface area contributed by atoms with Crippen LogP contribution in [0.4, 0.5) is 17.3 Å². The van der Waals surface area contributed by atoms with Gasteiger partial charge in [0.25, 0.3) is 0 Å². The molecule has 0 heterocycles. The molecule has 4 rings (SSSR count). The predicted octanol–water partition coefficient (Wildman–Crippen LogP) is 6.87. The maximum atomic E-state index is 9.75. The fraction of sp³-hybridized carbons (Fsp3) is 0.538. The molecule has 0 bridgehead atoms. The van der Waals surface area contributed by atoms with Gasteiger partial charge < -0.3 is 41.4 Å². The standard InChI is InChI=1S/C26H35O2P.BF4.K.H3O4P.H/c1-27-23-17-11-18-24(28-2)26(23)22-16-9-10-19-25(22)29(20-12-5-3-6-13-20)21-14-7-4-8-15-21;2-1(3,4)5;;1-5(2,3)4;/h9-11,16-21H,3-8,12-15H2,1-2H3;;;(H3,1,2,3,4);/q;-1;;;. The van der Waals surface area contributed by atoms with E-state index in [1.807, 2.05) is 6.07 Å². The Bertz CT molecular complexity index is 1010. The molecule has 0 amide bonds. The zero-order valence-electron chi connectivity index (χ0n) is 22.3. The molecule has 6 nitrogen and oxygen atoms in total. The topological polar surface area (TPSA) is 96.2 Å². The maximum absolute atomic E-state index is 9.75. The van der Waals surface area contributed by atoms with E-state index in [0.29, 0.717) is 0 Å². The molecule has 2 saturated carbocycles. The monoisotopic (exact) mass is 635 g/mol. The van der Waals surface area contributed by atoms with Gasteiger partial charge in [-0.1, -0.05) is 76.8 Å². The summed E-state index contributed by atoms with van der Waals surface area (Å²) in [6, 6.07) is 15.3. The van der Waals surface area contributed by atoms with E-state index in [-0.39, 0.29) is 59.3 Å².